The summed E-state index contributed by atoms with van der Waals surface area (Å²) in [5, 5.41) is 6.66. The molecule has 0 saturated heterocycles. The van der Waals surface area contributed by atoms with Crippen LogP contribution in [-0.2, 0) is 6.54 Å². The third-order valence-corrected chi connectivity index (χ3v) is 3.19. The quantitative estimate of drug-likeness (QED) is 0.439. The van der Waals surface area contributed by atoms with Crippen molar-refractivity contribution in [3.8, 4) is 5.75 Å². The molecule has 0 aliphatic carbocycles. The van der Waals surface area contributed by atoms with Gasteiger partial charge in [-0.2, -0.15) is 0 Å². The summed E-state index contributed by atoms with van der Waals surface area (Å²) in [6, 6.07) is 8.00. The topological polar surface area (TPSA) is 45.7 Å². The summed E-state index contributed by atoms with van der Waals surface area (Å²) in [6.07, 6.45) is 2.40. The number of nitrogens with one attached hydrogen (secondary N) is 2. The number of methoxy groups -OCH3 is 1. The van der Waals surface area contributed by atoms with Crippen molar-refractivity contribution in [1.29, 1.82) is 0 Å². The minimum absolute atomic E-state index is 0.615. The van der Waals surface area contributed by atoms with Crippen molar-refractivity contribution < 1.29 is 4.74 Å². The fourth-order valence-electron chi connectivity index (χ4n) is 2.06. The Morgan fingerprint density at radius 1 is 1.24 bits per heavy atom. The number of nitrogens with zero attached hydrogens (tertiary/aromatic N) is 1. The Kier molecular flexibility index (Phi) is 8.32. The highest BCUT2D eigenvalue weighted by molar-refractivity contribution is 5.79. The lowest BCUT2D eigenvalue weighted by molar-refractivity contribution is 0.410. The number of aliphatic imine (C=N–C) groups is 1. The van der Waals surface area contributed by atoms with E-state index in [4.69, 9.17) is 4.74 Å². The van der Waals surface area contributed by atoms with Gasteiger partial charge in [0.1, 0.15) is 5.75 Å². The first-order valence-electron chi connectivity index (χ1n) is 7.81. The van der Waals surface area contributed by atoms with Crippen LogP contribution in [0.5, 0.6) is 5.75 Å². The molecule has 0 atom stereocenters. The van der Waals surface area contributed by atoms with Crippen LogP contribution in [-0.4, -0.2) is 26.2 Å². The molecule has 1 aromatic carbocycles. The standard InChI is InChI=1S/C17H29N3O/c1-5-18-17(19-12-8-9-14(2)3)20-13-15-10-6-7-11-16(15)21-4/h6-7,10-11,14H,5,8-9,12-13H2,1-4H3,(H2,18,19,20). The molecule has 0 aliphatic rings. The van der Waals surface area contributed by atoms with Gasteiger partial charge in [0.15, 0.2) is 5.96 Å². The van der Waals surface area contributed by atoms with E-state index in [1.165, 1.54) is 6.42 Å². The number of guanidine groups is 1. The van der Waals surface area contributed by atoms with Gasteiger partial charge in [0.25, 0.3) is 0 Å². The van der Waals surface area contributed by atoms with Crippen LogP contribution in [0.25, 0.3) is 0 Å². The lowest BCUT2D eigenvalue weighted by atomic mass is 10.1. The average Bonchev–Trinajstić information content (AvgIpc) is 2.49. The molecule has 0 heterocycles. The van der Waals surface area contributed by atoms with Gasteiger partial charge in [-0.1, -0.05) is 32.0 Å². The molecule has 0 saturated carbocycles. The second kappa shape index (κ2) is 10.1. The highest BCUT2D eigenvalue weighted by atomic mass is 16.5. The summed E-state index contributed by atoms with van der Waals surface area (Å²) < 4.78 is 5.35. The van der Waals surface area contributed by atoms with Gasteiger partial charge in [-0.05, 0) is 31.7 Å². The van der Waals surface area contributed by atoms with Crippen LogP contribution in [0.3, 0.4) is 0 Å². The molecule has 21 heavy (non-hydrogen) atoms. The second-order valence-electron chi connectivity index (χ2n) is 5.47. The molecule has 118 valence electrons. The number of hydrogen-bond acceptors (Lipinski definition) is 2. The molecule has 0 unspecified atom stereocenters. The number of hydrogen-bond donors (Lipinski definition) is 2. The van der Waals surface area contributed by atoms with E-state index >= 15 is 0 Å². The number of benzene rings is 1. The molecule has 0 aromatic heterocycles. The molecule has 0 fully saturated rings. The van der Waals surface area contributed by atoms with Gasteiger partial charge in [-0.25, -0.2) is 4.99 Å². The summed E-state index contributed by atoms with van der Waals surface area (Å²) in [4.78, 5) is 4.62. The zero-order chi connectivity index (χ0) is 15.5. The monoisotopic (exact) mass is 291 g/mol. The molecule has 0 spiro atoms. The van der Waals surface area contributed by atoms with Crippen LogP contribution in [0, 0.1) is 5.92 Å². The molecular formula is C17H29N3O. The first kappa shape index (κ1) is 17.3. The molecule has 0 aliphatic heterocycles. The zero-order valence-corrected chi connectivity index (χ0v) is 13.8. The van der Waals surface area contributed by atoms with E-state index in [2.05, 4.69) is 36.4 Å². The Morgan fingerprint density at radius 2 is 2.00 bits per heavy atom. The number of rotatable bonds is 8. The smallest absolute Gasteiger partial charge is 0.191 e. The lowest BCUT2D eigenvalue weighted by Gasteiger charge is -2.12. The maximum atomic E-state index is 5.35. The Morgan fingerprint density at radius 3 is 2.67 bits per heavy atom. The third-order valence-electron chi connectivity index (χ3n) is 3.19. The van der Waals surface area contributed by atoms with E-state index in [0.29, 0.717) is 6.54 Å². The molecule has 4 nitrogen and oxygen atoms in total. The first-order chi connectivity index (χ1) is 10.2. The Labute approximate surface area is 129 Å². The molecule has 1 aromatic rings. The molecule has 4 heteroatoms. The molecule has 0 bridgehead atoms. The van der Waals surface area contributed by atoms with Gasteiger partial charge in [0, 0.05) is 18.7 Å². The van der Waals surface area contributed by atoms with Crippen molar-refractivity contribution in [2.24, 2.45) is 10.9 Å². The largest absolute Gasteiger partial charge is 0.496 e. The molecule has 0 radical (unpaired) electrons. The Bertz CT molecular complexity index is 430. The highest BCUT2D eigenvalue weighted by Gasteiger charge is 2.02. The van der Waals surface area contributed by atoms with Gasteiger partial charge in [-0.3, -0.25) is 0 Å². The van der Waals surface area contributed by atoms with Gasteiger partial charge in [0.05, 0.1) is 13.7 Å². The van der Waals surface area contributed by atoms with Crippen molar-refractivity contribution in [1.82, 2.24) is 10.6 Å². The van der Waals surface area contributed by atoms with Crippen LogP contribution in [0.4, 0.5) is 0 Å². The van der Waals surface area contributed by atoms with Crippen molar-refractivity contribution in [3.05, 3.63) is 29.8 Å². The van der Waals surface area contributed by atoms with Gasteiger partial charge in [0.2, 0.25) is 0 Å². The Hall–Kier alpha value is -1.71. The van der Waals surface area contributed by atoms with E-state index in [1.807, 2.05) is 24.3 Å². The van der Waals surface area contributed by atoms with E-state index in [0.717, 1.165) is 42.7 Å². The van der Waals surface area contributed by atoms with E-state index < -0.39 is 0 Å². The zero-order valence-electron chi connectivity index (χ0n) is 13.8. The van der Waals surface area contributed by atoms with E-state index in [9.17, 15) is 0 Å². The summed E-state index contributed by atoms with van der Waals surface area (Å²) in [6.45, 7) is 9.01. The minimum atomic E-state index is 0.615. The predicted molar refractivity (Wildman–Crippen MR) is 89.9 cm³/mol. The highest BCUT2D eigenvalue weighted by Crippen LogP contribution is 2.17. The third kappa shape index (κ3) is 7.02. The first-order valence-corrected chi connectivity index (χ1v) is 7.81. The van der Waals surface area contributed by atoms with Crippen LogP contribution < -0.4 is 15.4 Å². The minimum Gasteiger partial charge on any atom is -0.496 e. The van der Waals surface area contributed by atoms with Crippen LogP contribution in [0.2, 0.25) is 0 Å². The number of ether oxygens (including phenoxy) is 1. The summed E-state index contributed by atoms with van der Waals surface area (Å²) in [5.74, 6) is 2.50. The van der Waals surface area contributed by atoms with E-state index in [1.54, 1.807) is 7.11 Å². The normalized spacial score (nSPS) is 11.6. The second-order valence-corrected chi connectivity index (χ2v) is 5.47. The van der Waals surface area contributed by atoms with Crippen LogP contribution in [0.15, 0.2) is 29.3 Å². The molecular weight excluding hydrogens is 262 g/mol. The van der Waals surface area contributed by atoms with Gasteiger partial charge in [-0.15, -0.1) is 0 Å². The van der Waals surface area contributed by atoms with Crippen molar-refractivity contribution in [2.45, 2.75) is 40.2 Å². The van der Waals surface area contributed by atoms with Crippen LogP contribution >= 0.6 is 0 Å². The maximum absolute atomic E-state index is 5.35. The summed E-state index contributed by atoms with van der Waals surface area (Å²) in [7, 11) is 1.69. The van der Waals surface area contributed by atoms with Gasteiger partial charge >= 0.3 is 0 Å². The summed E-state index contributed by atoms with van der Waals surface area (Å²) >= 11 is 0. The van der Waals surface area contributed by atoms with Crippen LogP contribution in [0.1, 0.15) is 39.2 Å². The summed E-state index contributed by atoms with van der Waals surface area (Å²) in [5.41, 5.74) is 1.10. The van der Waals surface area contributed by atoms with Crippen molar-refractivity contribution in [3.63, 3.8) is 0 Å². The van der Waals surface area contributed by atoms with Crippen molar-refractivity contribution in [2.75, 3.05) is 20.2 Å². The average molecular weight is 291 g/mol. The molecule has 1 rings (SSSR count). The molecule has 0 amide bonds. The van der Waals surface area contributed by atoms with E-state index in [-0.39, 0.29) is 0 Å². The maximum Gasteiger partial charge on any atom is 0.191 e. The predicted octanol–water partition coefficient (Wildman–Crippen LogP) is 3.19. The fourth-order valence-corrected chi connectivity index (χ4v) is 2.06. The Balaban J connectivity index is 2.54. The van der Waals surface area contributed by atoms with Gasteiger partial charge < -0.3 is 15.4 Å². The SMILES string of the molecule is CCNC(=NCc1ccccc1OC)NCCCC(C)C. The lowest BCUT2D eigenvalue weighted by Crippen LogP contribution is -2.37. The number of para-hydroxylation sites is 1. The van der Waals surface area contributed by atoms with Crippen molar-refractivity contribution >= 4 is 5.96 Å². The molecule has 2 N–H and O–H groups in total. The fraction of sp³-hybridized carbons (Fsp3) is 0.588.